The number of anilines is 1. The van der Waals surface area contributed by atoms with E-state index in [1.165, 1.54) is 11.6 Å². The van der Waals surface area contributed by atoms with Crippen molar-refractivity contribution < 1.29 is 8.78 Å². The van der Waals surface area contributed by atoms with Crippen LogP contribution >= 0.6 is 12.2 Å². The lowest BCUT2D eigenvalue weighted by Gasteiger charge is -2.42. The Morgan fingerprint density at radius 1 is 1.24 bits per heavy atom. The van der Waals surface area contributed by atoms with Gasteiger partial charge in [0.1, 0.15) is 11.6 Å². The van der Waals surface area contributed by atoms with Crippen molar-refractivity contribution in [3.8, 4) is 0 Å². The monoisotopic (exact) mass is 417 g/mol. The number of halogens is 2. The summed E-state index contributed by atoms with van der Waals surface area (Å²) in [5.41, 5.74) is 9.14. The highest BCUT2D eigenvalue weighted by Crippen LogP contribution is 2.26. The molecule has 3 rings (SSSR count). The van der Waals surface area contributed by atoms with Gasteiger partial charge in [-0.2, -0.15) is 5.10 Å². The molecule has 0 spiro atoms. The largest absolute Gasteiger partial charge is 0.375 e. The van der Waals surface area contributed by atoms with Crippen LogP contribution in [-0.4, -0.2) is 48.4 Å². The first kappa shape index (κ1) is 21.1. The quantitative estimate of drug-likeness (QED) is 0.430. The highest BCUT2D eigenvalue weighted by atomic mass is 32.1. The van der Waals surface area contributed by atoms with Crippen LogP contribution in [0.25, 0.3) is 0 Å². The van der Waals surface area contributed by atoms with Crippen LogP contribution in [-0.2, 0) is 6.42 Å². The van der Waals surface area contributed by atoms with Crippen LogP contribution in [0.2, 0.25) is 0 Å². The summed E-state index contributed by atoms with van der Waals surface area (Å²) in [6.45, 7) is 5.13. The molecular formula is C21H25F2N5S. The topological polar surface area (TPSA) is 56.9 Å². The summed E-state index contributed by atoms with van der Waals surface area (Å²) in [4.78, 5) is 4.31. The summed E-state index contributed by atoms with van der Waals surface area (Å²) in [6, 6.07) is 12.8. The lowest BCUT2D eigenvalue weighted by Crippen LogP contribution is -2.54. The van der Waals surface area contributed by atoms with Gasteiger partial charge in [0.15, 0.2) is 5.11 Å². The Balaban J connectivity index is 1.78. The van der Waals surface area contributed by atoms with E-state index in [9.17, 15) is 8.78 Å². The third kappa shape index (κ3) is 5.48. The summed E-state index contributed by atoms with van der Waals surface area (Å²) in [5.74, 6) is -1.03. The molecule has 8 heteroatoms. The standard InChI is InChI=1S/C21H25F2N5S/c1-2-27-8-9-28(14-17(27)10-15-6-4-3-5-7-15)20-12-18(22)16(11-19(20)23)13-25-26-21(24)29/h3-7,11-13,17H,2,8-10,14H2,1H3,(H3,24,26,29)/b25-13+/t17-/m0/s1. The molecule has 1 saturated heterocycles. The molecule has 1 aliphatic rings. The van der Waals surface area contributed by atoms with E-state index in [1.54, 1.807) is 0 Å². The van der Waals surface area contributed by atoms with Crippen molar-refractivity contribution in [3.63, 3.8) is 0 Å². The number of likely N-dealkylation sites (N-methyl/N-ethyl adjacent to an activating group) is 1. The lowest BCUT2D eigenvalue weighted by atomic mass is 10.0. The Labute approximate surface area is 175 Å². The number of rotatable bonds is 6. The molecule has 0 aromatic heterocycles. The van der Waals surface area contributed by atoms with Gasteiger partial charge >= 0.3 is 0 Å². The summed E-state index contributed by atoms with van der Waals surface area (Å²) in [7, 11) is 0. The van der Waals surface area contributed by atoms with E-state index in [4.69, 9.17) is 5.73 Å². The molecule has 29 heavy (non-hydrogen) atoms. The third-order valence-corrected chi connectivity index (χ3v) is 5.20. The molecule has 154 valence electrons. The molecule has 0 amide bonds. The molecule has 0 bridgehead atoms. The minimum Gasteiger partial charge on any atom is -0.375 e. The maximum atomic E-state index is 14.8. The van der Waals surface area contributed by atoms with Gasteiger partial charge in [0, 0.05) is 37.3 Å². The van der Waals surface area contributed by atoms with Crippen LogP contribution in [0.4, 0.5) is 14.5 Å². The van der Waals surface area contributed by atoms with Gasteiger partial charge in [-0.25, -0.2) is 8.78 Å². The molecule has 1 heterocycles. The van der Waals surface area contributed by atoms with Crippen LogP contribution in [0, 0.1) is 11.6 Å². The van der Waals surface area contributed by atoms with E-state index in [0.29, 0.717) is 13.1 Å². The van der Waals surface area contributed by atoms with Crippen molar-refractivity contribution in [2.75, 3.05) is 31.1 Å². The second-order valence-electron chi connectivity index (χ2n) is 6.98. The Kier molecular flexibility index (Phi) is 7.11. The number of hydrogen-bond donors (Lipinski definition) is 2. The fourth-order valence-electron chi connectivity index (χ4n) is 3.67. The van der Waals surface area contributed by atoms with Gasteiger partial charge in [-0.3, -0.25) is 10.3 Å². The molecule has 2 aromatic rings. The summed E-state index contributed by atoms with van der Waals surface area (Å²) in [5, 5.41) is 3.65. The number of hydrogen-bond acceptors (Lipinski definition) is 4. The predicted octanol–water partition coefficient (Wildman–Crippen LogP) is 2.89. The first-order valence-corrected chi connectivity index (χ1v) is 9.99. The zero-order valence-corrected chi connectivity index (χ0v) is 17.1. The molecule has 2 aromatic carbocycles. The average molecular weight is 418 g/mol. The van der Waals surface area contributed by atoms with Crippen LogP contribution in [0.5, 0.6) is 0 Å². The van der Waals surface area contributed by atoms with E-state index >= 15 is 0 Å². The number of nitrogens with two attached hydrogens (primary N) is 1. The van der Waals surface area contributed by atoms with Crippen LogP contribution in [0.3, 0.4) is 0 Å². The van der Waals surface area contributed by atoms with Crippen molar-refractivity contribution in [2.24, 2.45) is 10.8 Å². The first-order chi connectivity index (χ1) is 14.0. The SMILES string of the molecule is CCN1CCN(c2cc(F)c(/C=N/NC(N)=S)cc2F)C[C@@H]1Cc1ccccc1. The second kappa shape index (κ2) is 9.76. The smallest absolute Gasteiger partial charge is 0.184 e. The minimum absolute atomic E-state index is 0.0306. The van der Waals surface area contributed by atoms with E-state index in [2.05, 4.69) is 46.7 Å². The van der Waals surface area contributed by atoms with Crippen molar-refractivity contribution in [2.45, 2.75) is 19.4 Å². The summed E-state index contributed by atoms with van der Waals surface area (Å²) < 4.78 is 29.3. The number of benzene rings is 2. The maximum absolute atomic E-state index is 14.8. The number of hydrazone groups is 1. The van der Waals surface area contributed by atoms with Gasteiger partial charge in [-0.1, -0.05) is 37.3 Å². The number of piperazine rings is 1. The highest BCUT2D eigenvalue weighted by Gasteiger charge is 2.28. The molecule has 0 aliphatic carbocycles. The van der Waals surface area contributed by atoms with Gasteiger partial charge in [-0.05, 0) is 36.8 Å². The van der Waals surface area contributed by atoms with E-state index < -0.39 is 11.6 Å². The van der Waals surface area contributed by atoms with Gasteiger partial charge in [-0.15, -0.1) is 0 Å². The molecule has 1 atom stereocenters. The molecular weight excluding hydrogens is 392 g/mol. The fraction of sp³-hybridized carbons (Fsp3) is 0.333. The molecule has 3 N–H and O–H groups in total. The van der Waals surface area contributed by atoms with E-state index in [1.807, 2.05) is 23.1 Å². The Hall–Kier alpha value is -2.58. The van der Waals surface area contributed by atoms with Gasteiger partial charge in [0.05, 0.1) is 11.9 Å². The number of thiocarbonyl (C=S) groups is 1. The normalized spacial score (nSPS) is 17.6. The minimum atomic E-state index is -0.549. The van der Waals surface area contributed by atoms with Crippen molar-refractivity contribution in [3.05, 3.63) is 65.2 Å². The van der Waals surface area contributed by atoms with Crippen molar-refractivity contribution >= 4 is 29.2 Å². The molecule has 0 unspecified atom stereocenters. The van der Waals surface area contributed by atoms with Gasteiger partial charge < -0.3 is 10.6 Å². The molecule has 1 aliphatic heterocycles. The number of nitrogens with zero attached hydrogens (tertiary/aromatic N) is 3. The summed E-state index contributed by atoms with van der Waals surface area (Å²) in [6.07, 6.45) is 2.03. The van der Waals surface area contributed by atoms with Crippen LogP contribution < -0.4 is 16.1 Å². The van der Waals surface area contributed by atoms with Gasteiger partial charge in [0.2, 0.25) is 0 Å². The highest BCUT2D eigenvalue weighted by molar-refractivity contribution is 7.80. The molecule has 0 saturated carbocycles. The Morgan fingerprint density at radius 3 is 2.69 bits per heavy atom. The van der Waals surface area contributed by atoms with Gasteiger partial charge in [0.25, 0.3) is 0 Å². The fourth-order valence-corrected chi connectivity index (χ4v) is 3.72. The Bertz CT molecular complexity index is 875. The van der Waals surface area contributed by atoms with Crippen LogP contribution in [0.1, 0.15) is 18.1 Å². The number of nitrogens with one attached hydrogen (secondary N) is 1. The summed E-state index contributed by atoms with van der Waals surface area (Å²) >= 11 is 4.63. The van der Waals surface area contributed by atoms with Crippen molar-refractivity contribution in [1.82, 2.24) is 10.3 Å². The lowest BCUT2D eigenvalue weighted by molar-refractivity contribution is 0.184. The molecule has 5 nitrogen and oxygen atoms in total. The van der Waals surface area contributed by atoms with E-state index in [0.717, 1.165) is 31.8 Å². The maximum Gasteiger partial charge on any atom is 0.184 e. The Morgan fingerprint density at radius 2 is 2.00 bits per heavy atom. The zero-order chi connectivity index (χ0) is 20.8. The second-order valence-corrected chi connectivity index (χ2v) is 7.42. The zero-order valence-electron chi connectivity index (χ0n) is 16.3. The van der Waals surface area contributed by atoms with E-state index in [-0.39, 0.29) is 22.4 Å². The van der Waals surface area contributed by atoms with Crippen molar-refractivity contribution in [1.29, 1.82) is 0 Å². The van der Waals surface area contributed by atoms with Crippen LogP contribution in [0.15, 0.2) is 47.6 Å². The first-order valence-electron chi connectivity index (χ1n) is 9.58. The predicted molar refractivity (Wildman–Crippen MR) is 117 cm³/mol. The average Bonchev–Trinajstić information content (AvgIpc) is 2.71. The third-order valence-electron chi connectivity index (χ3n) is 5.11. The molecule has 1 fully saturated rings. The molecule has 0 radical (unpaired) electrons.